The number of fused-ring (bicyclic) bond motifs is 1. The second-order valence-electron chi connectivity index (χ2n) is 10.1. The van der Waals surface area contributed by atoms with Gasteiger partial charge in [-0.1, -0.05) is 48.6 Å². The van der Waals surface area contributed by atoms with Gasteiger partial charge in [0, 0.05) is 30.4 Å². The number of aromatic nitrogens is 2. The molecule has 43 heavy (non-hydrogen) atoms. The second kappa shape index (κ2) is 12.6. The van der Waals surface area contributed by atoms with E-state index in [1.54, 1.807) is 36.4 Å². The highest BCUT2D eigenvalue weighted by Crippen LogP contribution is 2.30. The van der Waals surface area contributed by atoms with Gasteiger partial charge >= 0.3 is 6.09 Å². The maximum absolute atomic E-state index is 13.6. The van der Waals surface area contributed by atoms with Gasteiger partial charge in [0.25, 0.3) is 0 Å². The number of rotatable bonds is 9. The smallest absolute Gasteiger partial charge is 0.417 e. The fraction of sp³-hybridized carbons (Fsp3) is 0.212. The Labute approximate surface area is 248 Å². The van der Waals surface area contributed by atoms with Gasteiger partial charge in [-0.2, -0.15) is 0 Å². The van der Waals surface area contributed by atoms with E-state index in [9.17, 15) is 9.59 Å². The molecular formula is C33H30N4O6. The number of nitrogens with zero attached hydrogens (tertiary/aromatic N) is 4. The van der Waals surface area contributed by atoms with Crippen molar-refractivity contribution in [3.8, 4) is 5.88 Å². The summed E-state index contributed by atoms with van der Waals surface area (Å²) in [5.74, 6) is 1.01. The average molecular weight is 579 g/mol. The molecule has 1 saturated heterocycles. The van der Waals surface area contributed by atoms with E-state index in [2.05, 4.69) is 16.0 Å². The molecule has 2 aliphatic heterocycles. The number of hydrogen-bond donors (Lipinski definition) is 0. The van der Waals surface area contributed by atoms with Crippen LogP contribution >= 0.6 is 0 Å². The number of carbonyl (C=O) groups is 2. The minimum atomic E-state index is -0.586. The zero-order chi connectivity index (χ0) is 29.6. The van der Waals surface area contributed by atoms with Crippen molar-refractivity contribution in [1.82, 2.24) is 19.8 Å². The largest absolute Gasteiger partial charge is 0.481 e. The number of carbonyl (C=O) groups excluding carboxylic acids is 2. The van der Waals surface area contributed by atoms with Gasteiger partial charge in [0.15, 0.2) is 12.0 Å². The van der Waals surface area contributed by atoms with Gasteiger partial charge < -0.3 is 23.8 Å². The van der Waals surface area contributed by atoms with Crippen molar-refractivity contribution < 1.29 is 28.5 Å². The van der Waals surface area contributed by atoms with Crippen LogP contribution in [0.25, 0.3) is 17.1 Å². The lowest BCUT2D eigenvalue weighted by atomic mass is 10.0. The molecule has 0 radical (unpaired) electrons. The van der Waals surface area contributed by atoms with Gasteiger partial charge in [-0.15, -0.1) is 0 Å². The topological polar surface area (TPSA) is 103 Å². The molecule has 6 rings (SSSR count). The summed E-state index contributed by atoms with van der Waals surface area (Å²) in [4.78, 5) is 38.4. The minimum absolute atomic E-state index is 0.177. The number of methoxy groups -OCH3 is 1. The first-order valence-corrected chi connectivity index (χ1v) is 14.0. The molecule has 218 valence electrons. The maximum Gasteiger partial charge on any atom is 0.417 e. The van der Waals surface area contributed by atoms with Crippen molar-refractivity contribution in [2.75, 3.05) is 20.2 Å². The van der Waals surface area contributed by atoms with Gasteiger partial charge in [-0.25, -0.2) is 14.7 Å². The van der Waals surface area contributed by atoms with Crippen LogP contribution in [-0.2, 0) is 25.5 Å². The Balaban J connectivity index is 1.18. The first kappa shape index (κ1) is 27.8. The lowest BCUT2D eigenvalue weighted by Gasteiger charge is -2.25. The van der Waals surface area contributed by atoms with Crippen molar-refractivity contribution >= 4 is 29.1 Å². The third-order valence-corrected chi connectivity index (χ3v) is 7.19. The monoisotopic (exact) mass is 578 g/mol. The molecule has 10 heteroatoms. The van der Waals surface area contributed by atoms with Crippen molar-refractivity contribution in [3.05, 3.63) is 120 Å². The molecule has 1 aliphatic carbocycles. The van der Waals surface area contributed by atoms with Crippen molar-refractivity contribution in [2.24, 2.45) is 0 Å². The molecule has 0 N–H and O–H groups in total. The highest BCUT2D eigenvalue weighted by Gasteiger charge is 2.37. The van der Waals surface area contributed by atoms with Crippen LogP contribution in [0, 0.1) is 0 Å². The number of ether oxygens (including phenoxy) is 4. The molecule has 4 heterocycles. The first-order valence-electron chi connectivity index (χ1n) is 14.0. The molecule has 1 unspecified atom stereocenters. The zero-order valence-electron chi connectivity index (χ0n) is 23.6. The average Bonchev–Trinajstić information content (AvgIpc) is 3.43. The summed E-state index contributed by atoms with van der Waals surface area (Å²) >= 11 is 0. The number of benzene rings is 1. The Morgan fingerprint density at radius 1 is 1.16 bits per heavy atom. The Kier molecular flexibility index (Phi) is 8.17. The Bertz CT molecular complexity index is 1680. The Morgan fingerprint density at radius 3 is 2.86 bits per heavy atom. The van der Waals surface area contributed by atoms with Crippen LogP contribution in [0.15, 0.2) is 109 Å². The van der Waals surface area contributed by atoms with Crippen molar-refractivity contribution in [1.29, 1.82) is 0 Å². The fourth-order valence-electron chi connectivity index (χ4n) is 5.00. The predicted molar refractivity (Wildman–Crippen MR) is 159 cm³/mol. The highest BCUT2D eigenvalue weighted by molar-refractivity contribution is 5.94. The van der Waals surface area contributed by atoms with Crippen LogP contribution in [0.1, 0.15) is 24.0 Å². The molecule has 1 fully saturated rings. The summed E-state index contributed by atoms with van der Waals surface area (Å²) in [6, 6.07) is 15.0. The van der Waals surface area contributed by atoms with E-state index < -0.39 is 12.2 Å². The molecule has 3 aliphatic rings. The summed E-state index contributed by atoms with van der Waals surface area (Å²) < 4.78 is 22.5. The highest BCUT2D eigenvalue weighted by atomic mass is 16.6. The third kappa shape index (κ3) is 6.43. The molecule has 3 aromatic rings. The Morgan fingerprint density at radius 2 is 2.05 bits per heavy atom. The van der Waals surface area contributed by atoms with Crippen molar-refractivity contribution in [3.63, 3.8) is 0 Å². The second-order valence-corrected chi connectivity index (χ2v) is 10.1. The standard InChI is InChI=1S/C33H30N4O6/c1-40-29-14-13-27-32(35-29)25(16-17-34-27)12-15-30(38)36(18-23-8-4-2-5-9-23)19-26-20-37(33(39)42-26)31-22-41-21-28(43-31)24-10-6-3-7-11-24/h2-6,8-10,12-17,21-22,26H,7,11,18-20H2,1H3/b15-12+. The van der Waals surface area contributed by atoms with E-state index in [0.29, 0.717) is 29.2 Å². The fourth-order valence-corrected chi connectivity index (χ4v) is 5.00. The van der Waals surface area contributed by atoms with E-state index in [1.807, 2.05) is 48.6 Å². The number of pyridine rings is 2. The predicted octanol–water partition coefficient (Wildman–Crippen LogP) is 5.46. The van der Waals surface area contributed by atoms with Crippen molar-refractivity contribution in [2.45, 2.75) is 25.5 Å². The molecule has 2 amide bonds. The summed E-state index contributed by atoms with van der Waals surface area (Å²) in [5.41, 5.74) is 3.97. The number of cyclic esters (lactones) is 1. The van der Waals surface area contributed by atoms with Crippen LogP contribution < -0.4 is 4.74 Å². The zero-order valence-corrected chi connectivity index (χ0v) is 23.6. The minimum Gasteiger partial charge on any atom is -0.481 e. The van der Waals surface area contributed by atoms with Gasteiger partial charge in [0.2, 0.25) is 17.7 Å². The summed E-state index contributed by atoms with van der Waals surface area (Å²) in [7, 11) is 1.55. The lowest BCUT2D eigenvalue weighted by Crippen LogP contribution is -2.38. The summed E-state index contributed by atoms with van der Waals surface area (Å²) in [6.07, 6.45) is 14.4. The van der Waals surface area contributed by atoms with Crippen LogP contribution in [-0.4, -0.2) is 58.1 Å². The maximum atomic E-state index is 13.6. The summed E-state index contributed by atoms with van der Waals surface area (Å²) in [6.45, 7) is 0.704. The van der Waals surface area contributed by atoms with Crippen LogP contribution in [0.2, 0.25) is 0 Å². The molecule has 0 saturated carbocycles. The van der Waals surface area contributed by atoms with E-state index in [4.69, 9.17) is 18.9 Å². The molecule has 0 bridgehead atoms. The quantitative estimate of drug-likeness (QED) is 0.308. The Hall–Kier alpha value is -5.38. The lowest BCUT2D eigenvalue weighted by molar-refractivity contribution is -0.127. The molecule has 10 nitrogen and oxygen atoms in total. The van der Waals surface area contributed by atoms with E-state index >= 15 is 0 Å². The SMILES string of the molecule is COc1ccc2nccc(/C=C/C(=O)N(Cc3ccccc3)CC3CN(C4=COC=C(C5=CC=CCC5)O4)C(=O)O3)c2n1. The van der Waals surface area contributed by atoms with Gasteiger partial charge in [0.1, 0.15) is 12.4 Å². The normalized spacial score (nSPS) is 18.0. The number of amides is 2. The van der Waals surface area contributed by atoms with E-state index in [0.717, 1.165) is 29.5 Å². The van der Waals surface area contributed by atoms with Gasteiger partial charge in [-0.3, -0.25) is 9.78 Å². The van der Waals surface area contributed by atoms with E-state index in [1.165, 1.54) is 23.5 Å². The van der Waals surface area contributed by atoms with Crippen LogP contribution in [0.3, 0.4) is 0 Å². The first-order chi connectivity index (χ1) is 21.1. The van der Waals surface area contributed by atoms with Crippen LogP contribution in [0.5, 0.6) is 5.88 Å². The molecule has 2 aromatic heterocycles. The third-order valence-electron chi connectivity index (χ3n) is 7.19. The van der Waals surface area contributed by atoms with Crippen LogP contribution in [0.4, 0.5) is 4.79 Å². The molecular weight excluding hydrogens is 548 g/mol. The van der Waals surface area contributed by atoms with Gasteiger partial charge in [0.05, 0.1) is 31.2 Å². The van der Waals surface area contributed by atoms with Gasteiger partial charge in [-0.05, 0) is 42.2 Å². The number of allylic oxidation sites excluding steroid dienone is 4. The number of hydrogen-bond acceptors (Lipinski definition) is 8. The molecule has 1 atom stereocenters. The molecule has 1 aromatic carbocycles. The molecule has 0 spiro atoms. The summed E-state index contributed by atoms with van der Waals surface area (Å²) in [5, 5.41) is 0. The van der Waals surface area contributed by atoms with E-state index in [-0.39, 0.29) is 24.9 Å².